The van der Waals surface area contributed by atoms with E-state index in [1.54, 1.807) is 0 Å². The summed E-state index contributed by atoms with van der Waals surface area (Å²) in [4.78, 5) is 4.12. The monoisotopic (exact) mass is 259 g/mol. The van der Waals surface area contributed by atoms with E-state index in [-0.39, 0.29) is 6.04 Å². The van der Waals surface area contributed by atoms with Gasteiger partial charge in [-0.15, -0.1) is 0 Å². The first-order chi connectivity index (χ1) is 9.24. The Morgan fingerprint density at radius 1 is 1.26 bits per heavy atom. The van der Waals surface area contributed by atoms with Crippen LogP contribution in [0.2, 0.25) is 0 Å². The van der Waals surface area contributed by atoms with Gasteiger partial charge >= 0.3 is 0 Å². The van der Waals surface area contributed by atoms with Crippen molar-refractivity contribution in [3.05, 3.63) is 48.0 Å². The molecule has 0 unspecified atom stereocenters. The Labute approximate surface area is 114 Å². The molecule has 0 saturated heterocycles. The first-order valence-electron chi connectivity index (χ1n) is 6.72. The molecule has 1 atom stereocenters. The predicted molar refractivity (Wildman–Crippen MR) is 75.9 cm³/mol. The molecule has 0 fully saturated rings. The summed E-state index contributed by atoms with van der Waals surface area (Å²) in [6.07, 6.45) is 4.60. The van der Waals surface area contributed by atoms with Crippen LogP contribution in [-0.4, -0.2) is 9.55 Å². The fraction of sp³-hybridized carbons (Fsp3) is 0.400. The van der Waals surface area contributed by atoms with E-state index < -0.39 is 0 Å². The van der Waals surface area contributed by atoms with Crippen molar-refractivity contribution in [2.45, 2.75) is 39.5 Å². The van der Waals surface area contributed by atoms with Gasteiger partial charge in [0.05, 0.1) is 18.2 Å². The van der Waals surface area contributed by atoms with Crippen molar-refractivity contribution in [3.63, 3.8) is 0 Å². The lowest BCUT2D eigenvalue weighted by Crippen LogP contribution is -2.08. The van der Waals surface area contributed by atoms with Gasteiger partial charge in [0.2, 0.25) is 0 Å². The van der Waals surface area contributed by atoms with Gasteiger partial charge in [-0.05, 0) is 31.0 Å². The van der Waals surface area contributed by atoms with Crippen LogP contribution in [0.3, 0.4) is 0 Å². The van der Waals surface area contributed by atoms with E-state index >= 15 is 0 Å². The maximum atomic E-state index is 5.98. The van der Waals surface area contributed by atoms with E-state index in [1.165, 1.54) is 0 Å². The van der Waals surface area contributed by atoms with Gasteiger partial charge in [-0.1, -0.05) is 19.1 Å². The Morgan fingerprint density at radius 2 is 2.00 bits per heavy atom. The second kappa shape index (κ2) is 6.38. The van der Waals surface area contributed by atoms with Crippen molar-refractivity contribution in [2.75, 3.05) is 0 Å². The minimum atomic E-state index is 0.107. The van der Waals surface area contributed by atoms with Crippen molar-refractivity contribution < 1.29 is 4.74 Å². The molecule has 0 radical (unpaired) electrons. The van der Waals surface area contributed by atoms with Crippen LogP contribution in [0, 0.1) is 0 Å². The van der Waals surface area contributed by atoms with Crippen molar-refractivity contribution in [1.82, 2.24) is 9.55 Å². The Kier molecular flexibility index (Phi) is 4.58. The highest BCUT2D eigenvalue weighted by molar-refractivity contribution is 5.29. The van der Waals surface area contributed by atoms with E-state index in [0.29, 0.717) is 6.61 Å². The standard InChI is InChI=1S/C15H21N3O/c1-3-15(16)12-5-7-14(8-6-12)19-10-13-9-17-11-18(13)4-2/h5-9,11,15H,3-4,10,16H2,1-2H3/t15-/m0/s1. The molecular weight excluding hydrogens is 238 g/mol. The second-order valence-corrected chi connectivity index (χ2v) is 4.54. The molecule has 0 spiro atoms. The Bertz CT molecular complexity index is 504. The lowest BCUT2D eigenvalue weighted by molar-refractivity contribution is 0.295. The number of ether oxygens (including phenoxy) is 1. The summed E-state index contributed by atoms with van der Waals surface area (Å²) in [6.45, 7) is 5.61. The molecule has 19 heavy (non-hydrogen) atoms. The predicted octanol–water partition coefficient (Wildman–Crippen LogP) is 2.89. The second-order valence-electron chi connectivity index (χ2n) is 4.54. The number of imidazole rings is 1. The van der Waals surface area contributed by atoms with Gasteiger partial charge in [-0.2, -0.15) is 0 Å². The van der Waals surface area contributed by atoms with Gasteiger partial charge in [0, 0.05) is 12.6 Å². The summed E-state index contributed by atoms with van der Waals surface area (Å²) in [5.74, 6) is 0.857. The van der Waals surface area contributed by atoms with Gasteiger partial charge < -0.3 is 15.0 Å². The third kappa shape index (κ3) is 3.35. The van der Waals surface area contributed by atoms with Crippen molar-refractivity contribution in [3.8, 4) is 5.75 Å². The first-order valence-corrected chi connectivity index (χ1v) is 6.72. The van der Waals surface area contributed by atoms with Crippen LogP contribution in [0.5, 0.6) is 5.75 Å². The van der Waals surface area contributed by atoms with Crippen LogP contribution in [0.1, 0.15) is 37.6 Å². The minimum Gasteiger partial charge on any atom is -0.487 e. The average Bonchev–Trinajstić information content (AvgIpc) is 2.92. The average molecular weight is 259 g/mol. The maximum Gasteiger partial charge on any atom is 0.130 e. The highest BCUT2D eigenvalue weighted by Gasteiger charge is 2.04. The summed E-state index contributed by atoms with van der Waals surface area (Å²) in [7, 11) is 0. The van der Waals surface area contributed by atoms with Gasteiger partial charge in [-0.25, -0.2) is 4.98 Å². The minimum absolute atomic E-state index is 0.107. The van der Waals surface area contributed by atoms with Crippen LogP contribution in [0.15, 0.2) is 36.8 Å². The van der Waals surface area contributed by atoms with Crippen LogP contribution >= 0.6 is 0 Å². The van der Waals surface area contributed by atoms with E-state index in [1.807, 2.05) is 36.8 Å². The Hall–Kier alpha value is -1.81. The van der Waals surface area contributed by atoms with Gasteiger partial charge in [0.1, 0.15) is 12.4 Å². The molecule has 0 aliphatic rings. The number of hydrogen-bond donors (Lipinski definition) is 1. The van der Waals surface area contributed by atoms with Crippen LogP contribution in [0.25, 0.3) is 0 Å². The van der Waals surface area contributed by atoms with Gasteiger partial charge in [0.25, 0.3) is 0 Å². The summed E-state index contributed by atoms with van der Waals surface area (Å²) in [5, 5.41) is 0. The Balaban J connectivity index is 1.96. The van der Waals surface area contributed by atoms with Gasteiger partial charge in [-0.3, -0.25) is 0 Å². The third-order valence-electron chi connectivity index (χ3n) is 3.27. The normalized spacial score (nSPS) is 12.4. The maximum absolute atomic E-state index is 5.98. The molecule has 2 rings (SSSR count). The zero-order valence-corrected chi connectivity index (χ0v) is 11.5. The number of nitrogens with two attached hydrogens (primary N) is 1. The van der Waals surface area contributed by atoms with E-state index in [9.17, 15) is 0 Å². The fourth-order valence-electron chi connectivity index (χ4n) is 1.96. The molecule has 1 aromatic carbocycles. The lowest BCUT2D eigenvalue weighted by atomic mass is 10.1. The number of nitrogens with zero attached hydrogens (tertiary/aromatic N) is 2. The van der Waals surface area contributed by atoms with Crippen LogP contribution in [0.4, 0.5) is 0 Å². The number of hydrogen-bond acceptors (Lipinski definition) is 3. The highest BCUT2D eigenvalue weighted by Crippen LogP contribution is 2.19. The molecular formula is C15H21N3O. The molecule has 102 valence electrons. The number of rotatable bonds is 6. The van der Waals surface area contributed by atoms with Crippen molar-refractivity contribution in [2.24, 2.45) is 5.73 Å². The Morgan fingerprint density at radius 3 is 2.63 bits per heavy atom. The highest BCUT2D eigenvalue weighted by atomic mass is 16.5. The molecule has 0 aliphatic heterocycles. The quantitative estimate of drug-likeness (QED) is 0.867. The summed E-state index contributed by atoms with van der Waals surface area (Å²) in [5.41, 5.74) is 8.21. The number of benzene rings is 1. The summed E-state index contributed by atoms with van der Waals surface area (Å²) >= 11 is 0. The van der Waals surface area contributed by atoms with E-state index in [2.05, 4.69) is 23.4 Å². The SMILES string of the molecule is CC[C@H](N)c1ccc(OCc2cncn2CC)cc1. The number of aryl methyl sites for hydroxylation is 1. The third-order valence-corrected chi connectivity index (χ3v) is 3.27. The molecule has 0 amide bonds. The molecule has 2 N–H and O–H groups in total. The molecule has 0 aliphatic carbocycles. The molecule has 4 nitrogen and oxygen atoms in total. The topological polar surface area (TPSA) is 53.1 Å². The summed E-state index contributed by atoms with van der Waals surface area (Å²) < 4.78 is 7.83. The van der Waals surface area contributed by atoms with Crippen LogP contribution in [-0.2, 0) is 13.2 Å². The smallest absolute Gasteiger partial charge is 0.130 e. The zero-order valence-electron chi connectivity index (χ0n) is 11.5. The summed E-state index contributed by atoms with van der Waals surface area (Å²) in [6, 6.07) is 8.10. The van der Waals surface area contributed by atoms with Crippen molar-refractivity contribution in [1.29, 1.82) is 0 Å². The van der Waals surface area contributed by atoms with Gasteiger partial charge in [0.15, 0.2) is 0 Å². The molecule has 4 heteroatoms. The lowest BCUT2D eigenvalue weighted by Gasteiger charge is -2.11. The van der Waals surface area contributed by atoms with Crippen molar-refractivity contribution >= 4 is 0 Å². The zero-order chi connectivity index (χ0) is 13.7. The van der Waals surface area contributed by atoms with E-state index in [0.717, 1.165) is 30.0 Å². The molecule has 0 bridgehead atoms. The molecule has 1 aromatic heterocycles. The van der Waals surface area contributed by atoms with Crippen LogP contribution < -0.4 is 10.5 Å². The first kappa shape index (κ1) is 13.6. The van der Waals surface area contributed by atoms with E-state index in [4.69, 9.17) is 10.5 Å². The molecule has 1 heterocycles. The molecule has 0 saturated carbocycles. The molecule has 2 aromatic rings. The largest absolute Gasteiger partial charge is 0.487 e. The fourth-order valence-corrected chi connectivity index (χ4v) is 1.96. The number of aromatic nitrogens is 2.